The van der Waals surface area contributed by atoms with Crippen molar-refractivity contribution in [3.63, 3.8) is 0 Å². The van der Waals surface area contributed by atoms with Crippen molar-refractivity contribution in [2.75, 3.05) is 20.3 Å². The number of methoxy groups -OCH3 is 1. The predicted octanol–water partition coefficient (Wildman–Crippen LogP) is -0.583. The van der Waals surface area contributed by atoms with Crippen LogP contribution in [0.5, 0.6) is 5.75 Å². The highest BCUT2D eigenvalue weighted by Crippen LogP contribution is 2.45. The van der Waals surface area contributed by atoms with Crippen molar-refractivity contribution in [3.8, 4) is 5.75 Å². The SMILES string of the molecule is COC(=O)CNP(=O)(OC[C@H]1O[C@@H](n2cnc(C(N)=O)n2)[C@H](O)C1C=O)Oc1ccccc1. The first kappa shape index (κ1) is 24.5. The normalized spacial score (nSPS) is 24.1. The van der Waals surface area contributed by atoms with Gasteiger partial charge in [-0.05, 0) is 12.1 Å². The quantitative estimate of drug-likeness (QED) is 0.209. The van der Waals surface area contributed by atoms with Gasteiger partial charge >= 0.3 is 13.7 Å². The van der Waals surface area contributed by atoms with Gasteiger partial charge in [0, 0.05) is 0 Å². The fourth-order valence-electron chi connectivity index (χ4n) is 2.94. The fraction of sp³-hybridized carbons (Fsp3) is 0.389. The number of primary amides is 1. The van der Waals surface area contributed by atoms with Crippen molar-refractivity contribution >= 4 is 25.9 Å². The summed E-state index contributed by atoms with van der Waals surface area (Å²) >= 11 is 0. The minimum absolute atomic E-state index is 0.192. The van der Waals surface area contributed by atoms with Crippen LogP contribution in [0.1, 0.15) is 16.8 Å². The molecule has 1 saturated heterocycles. The van der Waals surface area contributed by atoms with Crippen molar-refractivity contribution in [2.24, 2.45) is 11.7 Å². The van der Waals surface area contributed by atoms with E-state index in [0.717, 1.165) is 18.1 Å². The molecule has 14 nitrogen and oxygen atoms in total. The van der Waals surface area contributed by atoms with Crippen LogP contribution in [0.2, 0.25) is 0 Å². The number of carbonyl (C=O) groups excluding carboxylic acids is 3. The van der Waals surface area contributed by atoms with E-state index < -0.39 is 57.1 Å². The van der Waals surface area contributed by atoms with E-state index in [1.807, 2.05) is 0 Å². The zero-order chi connectivity index (χ0) is 24.0. The van der Waals surface area contributed by atoms with Crippen LogP contribution in [0.4, 0.5) is 0 Å². The summed E-state index contributed by atoms with van der Waals surface area (Å²) in [6, 6.07) is 8.05. The van der Waals surface area contributed by atoms with E-state index in [1.54, 1.807) is 18.2 Å². The van der Waals surface area contributed by atoms with Gasteiger partial charge < -0.3 is 29.6 Å². The molecule has 4 N–H and O–H groups in total. The second kappa shape index (κ2) is 10.6. The van der Waals surface area contributed by atoms with Crippen molar-refractivity contribution in [1.29, 1.82) is 0 Å². The van der Waals surface area contributed by atoms with Crippen LogP contribution in [0, 0.1) is 5.92 Å². The molecular formula is C18H22N5O9P. The van der Waals surface area contributed by atoms with E-state index in [-0.39, 0.29) is 11.6 Å². The van der Waals surface area contributed by atoms with Gasteiger partial charge in [0.25, 0.3) is 5.91 Å². The number of benzene rings is 1. The molecule has 0 spiro atoms. The van der Waals surface area contributed by atoms with Crippen LogP contribution in [-0.4, -0.2) is 70.5 Å². The lowest BCUT2D eigenvalue weighted by atomic mass is 10.0. The number of amides is 1. The molecule has 1 aliphatic heterocycles. The molecule has 0 saturated carbocycles. The molecule has 0 radical (unpaired) electrons. The van der Waals surface area contributed by atoms with E-state index in [1.165, 1.54) is 12.1 Å². The first-order valence-electron chi connectivity index (χ1n) is 9.57. The van der Waals surface area contributed by atoms with Gasteiger partial charge in [0.05, 0.1) is 25.7 Å². The number of rotatable bonds is 11. The maximum absolute atomic E-state index is 13.2. The summed E-state index contributed by atoms with van der Waals surface area (Å²) in [4.78, 5) is 38.0. The van der Waals surface area contributed by atoms with E-state index in [4.69, 9.17) is 19.5 Å². The minimum Gasteiger partial charge on any atom is -0.468 e. The number of esters is 1. The van der Waals surface area contributed by atoms with Gasteiger partial charge in [-0.2, -0.15) is 0 Å². The molecule has 2 aromatic rings. The lowest BCUT2D eigenvalue weighted by Crippen LogP contribution is -2.31. The van der Waals surface area contributed by atoms with E-state index in [9.17, 15) is 24.1 Å². The van der Waals surface area contributed by atoms with E-state index in [2.05, 4.69) is 19.9 Å². The zero-order valence-corrected chi connectivity index (χ0v) is 18.2. The number of aldehydes is 1. The number of aromatic nitrogens is 3. The highest BCUT2D eigenvalue weighted by molar-refractivity contribution is 7.52. The molecule has 178 valence electrons. The third-order valence-electron chi connectivity index (χ3n) is 4.60. The maximum Gasteiger partial charge on any atom is 0.459 e. The number of hydrogen-bond acceptors (Lipinski definition) is 11. The smallest absolute Gasteiger partial charge is 0.459 e. The third kappa shape index (κ3) is 6.00. The van der Waals surface area contributed by atoms with Gasteiger partial charge in [0.2, 0.25) is 5.82 Å². The van der Waals surface area contributed by atoms with Gasteiger partial charge in [0.1, 0.15) is 31.0 Å². The fourth-order valence-corrected chi connectivity index (χ4v) is 4.21. The second-order valence-corrected chi connectivity index (χ2v) is 8.54. The highest BCUT2D eigenvalue weighted by Gasteiger charge is 2.46. The largest absolute Gasteiger partial charge is 0.468 e. The maximum atomic E-state index is 13.2. The summed E-state index contributed by atoms with van der Waals surface area (Å²) in [5, 5.41) is 16.7. The molecule has 1 aromatic carbocycles. The molecule has 0 bridgehead atoms. The molecule has 1 amide bonds. The van der Waals surface area contributed by atoms with Crippen molar-refractivity contribution in [3.05, 3.63) is 42.5 Å². The summed E-state index contributed by atoms with van der Waals surface area (Å²) < 4.78 is 35.3. The number of carbonyl (C=O) groups is 3. The molecule has 1 fully saturated rings. The van der Waals surface area contributed by atoms with E-state index >= 15 is 0 Å². The number of aliphatic hydroxyl groups excluding tert-OH is 1. The number of nitrogens with one attached hydrogen (secondary N) is 1. The molecule has 33 heavy (non-hydrogen) atoms. The van der Waals surface area contributed by atoms with Crippen molar-refractivity contribution in [1.82, 2.24) is 19.9 Å². The number of nitrogens with zero attached hydrogens (tertiary/aromatic N) is 3. The summed E-state index contributed by atoms with van der Waals surface area (Å²) in [7, 11) is -2.99. The van der Waals surface area contributed by atoms with Gasteiger partial charge in [-0.3, -0.25) is 14.1 Å². The van der Waals surface area contributed by atoms with Crippen LogP contribution in [-0.2, 0) is 28.2 Å². The number of ether oxygens (including phenoxy) is 2. The Balaban J connectivity index is 1.73. The minimum atomic E-state index is -4.14. The number of nitrogens with two attached hydrogens (primary N) is 1. The Bertz CT molecular complexity index is 1030. The Morgan fingerprint density at radius 2 is 2.09 bits per heavy atom. The number of aliphatic hydroxyl groups is 1. The van der Waals surface area contributed by atoms with Crippen LogP contribution >= 0.6 is 7.75 Å². The topological polar surface area (TPSA) is 194 Å². The molecule has 2 unspecified atom stereocenters. The third-order valence-corrected chi connectivity index (χ3v) is 6.08. The highest BCUT2D eigenvalue weighted by atomic mass is 31.2. The summed E-state index contributed by atoms with van der Waals surface area (Å²) in [6.45, 7) is -0.948. The average molecular weight is 483 g/mol. The standard InChI is InChI=1S/C18H22N5O9P/c1-29-14(25)7-21-33(28,32-11-5-3-2-4-6-11)30-9-13-12(8-24)15(26)18(31-13)23-10-20-17(22-23)16(19)27/h2-6,8,10,12-13,15,18,26H,7,9H2,1H3,(H2,19,27)(H,21,28)/t12?,13-,15-,18-,33?/m1/s1. The van der Waals surface area contributed by atoms with Gasteiger partial charge in [-0.1, -0.05) is 18.2 Å². The Morgan fingerprint density at radius 3 is 2.70 bits per heavy atom. The first-order chi connectivity index (χ1) is 15.8. The van der Waals surface area contributed by atoms with Gasteiger partial charge in [-0.25, -0.2) is 19.3 Å². The Morgan fingerprint density at radius 1 is 1.36 bits per heavy atom. The molecule has 1 aromatic heterocycles. The van der Waals surface area contributed by atoms with Gasteiger partial charge in [0.15, 0.2) is 6.23 Å². The van der Waals surface area contributed by atoms with Crippen molar-refractivity contribution < 1.29 is 42.6 Å². The molecule has 3 rings (SSSR count). The number of para-hydroxylation sites is 1. The van der Waals surface area contributed by atoms with Crippen LogP contribution < -0.4 is 15.3 Å². The number of hydrogen-bond donors (Lipinski definition) is 3. The summed E-state index contributed by atoms with van der Waals surface area (Å²) in [5.74, 6) is -2.81. The summed E-state index contributed by atoms with van der Waals surface area (Å²) in [5.41, 5.74) is 5.12. The second-order valence-electron chi connectivity index (χ2n) is 6.79. The van der Waals surface area contributed by atoms with Crippen LogP contribution in [0.25, 0.3) is 0 Å². The summed E-state index contributed by atoms with van der Waals surface area (Å²) in [6.07, 6.45) is -2.07. The monoisotopic (exact) mass is 483 g/mol. The molecular weight excluding hydrogens is 461 g/mol. The first-order valence-corrected chi connectivity index (χ1v) is 11.1. The van der Waals surface area contributed by atoms with Gasteiger partial charge in [-0.15, -0.1) is 5.10 Å². The Hall–Kier alpha value is -3.16. The molecule has 2 heterocycles. The lowest BCUT2D eigenvalue weighted by Gasteiger charge is -2.22. The Kier molecular flexibility index (Phi) is 7.89. The lowest BCUT2D eigenvalue weighted by molar-refractivity contribution is -0.139. The molecule has 0 aliphatic carbocycles. The van der Waals surface area contributed by atoms with E-state index in [0.29, 0.717) is 6.29 Å². The van der Waals surface area contributed by atoms with Crippen LogP contribution in [0.15, 0.2) is 36.7 Å². The zero-order valence-electron chi connectivity index (χ0n) is 17.3. The Labute approximate surface area is 187 Å². The van der Waals surface area contributed by atoms with Crippen LogP contribution in [0.3, 0.4) is 0 Å². The average Bonchev–Trinajstić information content (AvgIpc) is 3.41. The predicted molar refractivity (Wildman–Crippen MR) is 109 cm³/mol. The molecule has 15 heteroatoms. The molecule has 5 atom stereocenters. The van der Waals surface area contributed by atoms with Crippen molar-refractivity contribution in [2.45, 2.75) is 18.4 Å². The molecule has 1 aliphatic rings.